The zero-order valence-corrected chi connectivity index (χ0v) is 9.52. The number of aromatic nitrogens is 2. The Bertz CT molecular complexity index is 561. The number of methoxy groups -OCH3 is 1. The summed E-state index contributed by atoms with van der Waals surface area (Å²) < 4.78 is 5.16. The molecule has 0 spiro atoms. The zero-order chi connectivity index (χ0) is 12.4. The number of nitrogens with zero attached hydrogens (tertiary/aromatic N) is 1. The molecule has 1 aromatic heterocycles. The van der Waals surface area contributed by atoms with Gasteiger partial charge in [0.15, 0.2) is 5.69 Å². The van der Waals surface area contributed by atoms with Crippen molar-refractivity contribution < 1.29 is 14.6 Å². The van der Waals surface area contributed by atoms with Gasteiger partial charge in [-0.2, -0.15) is 5.10 Å². The van der Waals surface area contributed by atoms with Gasteiger partial charge in [0.1, 0.15) is 5.75 Å². The maximum absolute atomic E-state index is 11.0. The molecule has 2 N–H and O–H groups in total. The molecule has 2 rings (SSSR count). The number of rotatable bonds is 3. The first-order valence-electron chi connectivity index (χ1n) is 5.05. The summed E-state index contributed by atoms with van der Waals surface area (Å²) in [5, 5.41) is 15.2. The standard InChI is InChI=1S/C12H12N2O3/c1-7-5-8(3-4-10(7)17-2)9-6-13-14-11(9)12(15)16/h3-6H,1-2H3,(H,13,14)(H,15,16). The number of ether oxygens (including phenoxy) is 1. The molecule has 0 aliphatic heterocycles. The average Bonchev–Trinajstić information content (AvgIpc) is 2.77. The van der Waals surface area contributed by atoms with Crippen molar-refractivity contribution in [3.63, 3.8) is 0 Å². The molecule has 0 amide bonds. The molecule has 0 aliphatic carbocycles. The molecule has 17 heavy (non-hydrogen) atoms. The van der Waals surface area contributed by atoms with E-state index in [4.69, 9.17) is 9.84 Å². The predicted molar refractivity (Wildman–Crippen MR) is 62.3 cm³/mol. The maximum atomic E-state index is 11.0. The first-order valence-corrected chi connectivity index (χ1v) is 5.05. The number of carboxylic acid groups (broad SMARTS) is 1. The molecule has 5 heteroatoms. The van der Waals surface area contributed by atoms with E-state index in [0.717, 1.165) is 16.9 Å². The van der Waals surface area contributed by atoms with Gasteiger partial charge in [-0.1, -0.05) is 6.07 Å². The van der Waals surface area contributed by atoms with Gasteiger partial charge in [-0.3, -0.25) is 5.10 Å². The van der Waals surface area contributed by atoms with Crippen LogP contribution in [0.5, 0.6) is 5.75 Å². The Morgan fingerprint density at radius 1 is 1.47 bits per heavy atom. The first kappa shape index (κ1) is 11.2. The average molecular weight is 232 g/mol. The number of H-pyrrole nitrogens is 1. The van der Waals surface area contributed by atoms with Gasteiger partial charge in [-0.05, 0) is 30.2 Å². The number of aromatic amines is 1. The molecule has 1 aromatic carbocycles. The van der Waals surface area contributed by atoms with Crippen LogP contribution in [-0.2, 0) is 0 Å². The van der Waals surface area contributed by atoms with E-state index in [-0.39, 0.29) is 5.69 Å². The molecular formula is C12H12N2O3. The third-order valence-corrected chi connectivity index (χ3v) is 2.56. The molecule has 0 saturated heterocycles. The molecule has 0 atom stereocenters. The molecule has 0 fully saturated rings. The zero-order valence-electron chi connectivity index (χ0n) is 9.52. The van der Waals surface area contributed by atoms with Crippen molar-refractivity contribution in [1.29, 1.82) is 0 Å². The van der Waals surface area contributed by atoms with Crippen LogP contribution in [0.3, 0.4) is 0 Å². The molecule has 88 valence electrons. The van der Waals surface area contributed by atoms with Gasteiger partial charge >= 0.3 is 5.97 Å². The molecule has 0 unspecified atom stereocenters. The monoisotopic (exact) mass is 232 g/mol. The van der Waals surface area contributed by atoms with Crippen molar-refractivity contribution in [2.24, 2.45) is 0 Å². The second-order valence-electron chi connectivity index (χ2n) is 3.65. The van der Waals surface area contributed by atoms with Gasteiger partial charge in [0.25, 0.3) is 0 Å². The van der Waals surface area contributed by atoms with Crippen molar-refractivity contribution in [2.75, 3.05) is 7.11 Å². The van der Waals surface area contributed by atoms with Crippen LogP contribution in [0, 0.1) is 6.92 Å². The largest absolute Gasteiger partial charge is 0.496 e. The van der Waals surface area contributed by atoms with Gasteiger partial charge in [-0.15, -0.1) is 0 Å². The highest BCUT2D eigenvalue weighted by atomic mass is 16.5. The van der Waals surface area contributed by atoms with E-state index in [9.17, 15) is 4.79 Å². The van der Waals surface area contributed by atoms with Crippen molar-refractivity contribution in [3.05, 3.63) is 35.7 Å². The minimum Gasteiger partial charge on any atom is -0.496 e. The van der Waals surface area contributed by atoms with Gasteiger partial charge in [0.05, 0.1) is 13.3 Å². The van der Waals surface area contributed by atoms with E-state index in [1.807, 2.05) is 25.1 Å². The summed E-state index contributed by atoms with van der Waals surface area (Å²) in [6.07, 6.45) is 1.50. The molecule has 0 bridgehead atoms. The first-order chi connectivity index (χ1) is 8.13. The highest BCUT2D eigenvalue weighted by Gasteiger charge is 2.14. The summed E-state index contributed by atoms with van der Waals surface area (Å²) in [6, 6.07) is 5.49. The lowest BCUT2D eigenvalue weighted by molar-refractivity contribution is 0.0691. The van der Waals surface area contributed by atoms with Crippen molar-refractivity contribution in [2.45, 2.75) is 6.92 Å². The summed E-state index contributed by atoms with van der Waals surface area (Å²) in [4.78, 5) is 11.0. The number of benzene rings is 1. The number of hydrogen-bond acceptors (Lipinski definition) is 3. The molecule has 0 saturated carbocycles. The Morgan fingerprint density at radius 3 is 2.82 bits per heavy atom. The van der Waals surface area contributed by atoms with Crippen LogP contribution in [0.1, 0.15) is 16.1 Å². The lowest BCUT2D eigenvalue weighted by Crippen LogP contribution is -1.99. The maximum Gasteiger partial charge on any atom is 0.354 e. The fourth-order valence-electron chi connectivity index (χ4n) is 1.71. The molecular weight excluding hydrogens is 220 g/mol. The van der Waals surface area contributed by atoms with E-state index >= 15 is 0 Å². The molecule has 5 nitrogen and oxygen atoms in total. The quantitative estimate of drug-likeness (QED) is 0.849. The summed E-state index contributed by atoms with van der Waals surface area (Å²) in [6.45, 7) is 1.91. The lowest BCUT2D eigenvalue weighted by atomic mass is 10.0. The van der Waals surface area contributed by atoms with E-state index in [1.54, 1.807) is 7.11 Å². The number of aromatic carboxylic acids is 1. The van der Waals surface area contributed by atoms with Gasteiger partial charge < -0.3 is 9.84 Å². The third-order valence-electron chi connectivity index (χ3n) is 2.56. The number of aryl methyl sites for hydroxylation is 1. The smallest absolute Gasteiger partial charge is 0.354 e. The van der Waals surface area contributed by atoms with Crippen molar-refractivity contribution in [3.8, 4) is 16.9 Å². The van der Waals surface area contributed by atoms with Crippen LogP contribution in [0.2, 0.25) is 0 Å². The second-order valence-corrected chi connectivity index (χ2v) is 3.65. The molecule has 2 aromatic rings. The Kier molecular flexibility index (Phi) is 2.82. The Labute approximate surface area is 98.0 Å². The highest BCUT2D eigenvalue weighted by Crippen LogP contribution is 2.27. The van der Waals surface area contributed by atoms with Crippen molar-refractivity contribution in [1.82, 2.24) is 10.2 Å². The third kappa shape index (κ3) is 1.99. The van der Waals surface area contributed by atoms with E-state index in [2.05, 4.69) is 10.2 Å². The van der Waals surface area contributed by atoms with Crippen LogP contribution in [0.25, 0.3) is 11.1 Å². The fraction of sp³-hybridized carbons (Fsp3) is 0.167. The van der Waals surface area contributed by atoms with Crippen LogP contribution in [0.15, 0.2) is 24.4 Å². The summed E-state index contributed by atoms with van der Waals surface area (Å²) in [7, 11) is 1.60. The summed E-state index contributed by atoms with van der Waals surface area (Å²) in [5.74, 6) is -0.250. The number of nitrogens with one attached hydrogen (secondary N) is 1. The van der Waals surface area contributed by atoms with Crippen LogP contribution >= 0.6 is 0 Å². The molecule has 0 radical (unpaired) electrons. The van der Waals surface area contributed by atoms with Crippen molar-refractivity contribution >= 4 is 5.97 Å². The molecule has 1 heterocycles. The Hall–Kier alpha value is -2.30. The Balaban J connectivity index is 2.50. The highest BCUT2D eigenvalue weighted by molar-refractivity contribution is 5.93. The van der Waals surface area contributed by atoms with Gasteiger partial charge in [0.2, 0.25) is 0 Å². The van der Waals surface area contributed by atoms with E-state index in [1.165, 1.54) is 6.20 Å². The fourth-order valence-corrected chi connectivity index (χ4v) is 1.71. The predicted octanol–water partition coefficient (Wildman–Crippen LogP) is 2.09. The van der Waals surface area contributed by atoms with Crippen LogP contribution < -0.4 is 4.74 Å². The SMILES string of the molecule is COc1ccc(-c2cn[nH]c2C(=O)O)cc1C. The topological polar surface area (TPSA) is 75.2 Å². The van der Waals surface area contributed by atoms with E-state index < -0.39 is 5.97 Å². The van der Waals surface area contributed by atoms with Crippen LogP contribution in [0.4, 0.5) is 0 Å². The number of hydrogen-bond donors (Lipinski definition) is 2. The Morgan fingerprint density at radius 2 is 2.24 bits per heavy atom. The van der Waals surface area contributed by atoms with E-state index in [0.29, 0.717) is 5.56 Å². The minimum absolute atomic E-state index is 0.0922. The van der Waals surface area contributed by atoms with Gasteiger partial charge in [0, 0.05) is 5.56 Å². The number of carboxylic acids is 1. The summed E-state index contributed by atoms with van der Waals surface area (Å²) in [5.41, 5.74) is 2.41. The lowest BCUT2D eigenvalue weighted by Gasteiger charge is -2.06. The second kappa shape index (κ2) is 4.29. The van der Waals surface area contributed by atoms with Crippen LogP contribution in [-0.4, -0.2) is 28.4 Å². The number of carbonyl (C=O) groups is 1. The normalized spacial score (nSPS) is 10.2. The summed E-state index contributed by atoms with van der Waals surface area (Å²) >= 11 is 0. The van der Waals surface area contributed by atoms with Gasteiger partial charge in [-0.25, -0.2) is 4.79 Å². The molecule has 0 aliphatic rings. The minimum atomic E-state index is -1.02.